The molecule has 2 atom stereocenters. The maximum Gasteiger partial charge on any atom is 0.229 e. The van der Waals surface area contributed by atoms with Crippen LogP contribution in [0.5, 0.6) is 0 Å². The van der Waals surface area contributed by atoms with Crippen molar-refractivity contribution in [2.75, 3.05) is 5.32 Å². The van der Waals surface area contributed by atoms with Gasteiger partial charge in [-0.2, -0.15) is 0 Å². The van der Waals surface area contributed by atoms with Crippen molar-refractivity contribution < 1.29 is 4.79 Å². The number of carbonyl (C=O) groups excluding carboxylic acids is 1. The van der Waals surface area contributed by atoms with Gasteiger partial charge in [-0.25, -0.2) is 0 Å². The number of anilines is 1. The number of carbonyl (C=O) groups is 1. The summed E-state index contributed by atoms with van der Waals surface area (Å²) in [7, 11) is 0. The van der Waals surface area contributed by atoms with E-state index in [1.54, 1.807) is 0 Å². The maximum atomic E-state index is 12.1. The molecule has 1 fully saturated rings. The first-order valence-corrected chi connectivity index (χ1v) is 6.78. The van der Waals surface area contributed by atoms with Crippen LogP contribution in [0.25, 0.3) is 0 Å². The van der Waals surface area contributed by atoms with Crippen molar-refractivity contribution in [3.8, 4) is 0 Å². The van der Waals surface area contributed by atoms with E-state index in [-0.39, 0.29) is 17.9 Å². The molecular weight excluding hydrogens is 280 g/mol. The van der Waals surface area contributed by atoms with Gasteiger partial charge in [-0.3, -0.25) is 4.79 Å². The molecule has 1 aromatic carbocycles. The lowest BCUT2D eigenvalue weighted by molar-refractivity contribution is -0.121. The lowest BCUT2D eigenvalue weighted by atomic mass is 9.84. The molecule has 2 rings (SSSR count). The van der Waals surface area contributed by atoms with Gasteiger partial charge in [0.25, 0.3) is 0 Å². The molecule has 0 aliphatic heterocycles. The molecule has 0 unspecified atom stereocenters. The molecular formula is C13H17BrN2O. The highest BCUT2D eigenvalue weighted by atomic mass is 79.9. The summed E-state index contributed by atoms with van der Waals surface area (Å²) in [4.78, 5) is 12.1. The van der Waals surface area contributed by atoms with E-state index in [1.807, 2.05) is 24.3 Å². The summed E-state index contributed by atoms with van der Waals surface area (Å²) in [5.41, 5.74) is 6.82. The van der Waals surface area contributed by atoms with E-state index in [0.717, 1.165) is 35.8 Å². The SMILES string of the molecule is N[C@H]1CCCC[C@H]1C(=O)Nc1ccc(Br)cc1. The molecule has 3 nitrogen and oxygen atoms in total. The molecule has 0 radical (unpaired) electrons. The third-order valence-corrected chi connectivity index (χ3v) is 3.80. The highest BCUT2D eigenvalue weighted by molar-refractivity contribution is 9.10. The highest BCUT2D eigenvalue weighted by Crippen LogP contribution is 2.24. The van der Waals surface area contributed by atoms with Crippen LogP contribution in [0.2, 0.25) is 0 Å². The Morgan fingerprint density at radius 3 is 2.53 bits per heavy atom. The van der Waals surface area contributed by atoms with E-state index in [9.17, 15) is 4.79 Å². The average Bonchev–Trinajstić information content (AvgIpc) is 2.32. The van der Waals surface area contributed by atoms with Crippen molar-refractivity contribution in [3.05, 3.63) is 28.7 Å². The van der Waals surface area contributed by atoms with Crippen molar-refractivity contribution in [1.29, 1.82) is 0 Å². The second kappa shape index (κ2) is 5.65. The number of halogens is 1. The van der Waals surface area contributed by atoms with Crippen molar-refractivity contribution >= 4 is 27.5 Å². The second-order valence-corrected chi connectivity index (χ2v) is 5.47. The Balaban J connectivity index is 1.98. The molecule has 1 aliphatic rings. The van der Waals surface area contributed by atoms with Crippen LogP contribution in [0.15, 0.2) is 28.7 Å². The summed E-state index contributed by atoms with van der Waals surface area (Å²) >= 11 is 3.37. The van der Waals surface area contributed by atoms with Gasteiger partial charge < -0.3 is 11.1 Å². The topological polar surface area (TPSA) is 55.1 Å². The quantitative estimate of drug-likeness (QED) is 0.882. The lowest BCUT2D eigenvalue weighted by Gasteiger charge is -2.27. The molecule has 3 N–H and O–H groups in total. The third-order valence-electron chi connectivity index (χ3n) is 3.27. The van der Waals surface area contributed by atoms with Gasteiger partial charge in [-0.1, -0.05) is 28.8 Å². The van der Waals surface area contributed by atoms with Crippen LogP contribution in [-0.2, 0) is 4.79 Å². The fraction of sp³-hybridized carbons (Fsp3) is 0.462. The Morgan fingerprint density at radius 1 is 1.24 bits per heavy atom. The Hall–Kier alpha value is -0.870. The molecule has 0 heterocycles. The summed E-state index contributed by atoms with van der Waals surface area (Å²) in [5.74, 6) is 0.0203. The van der Waals surface area contributed by atoms with Crippen LogP contribution >= 0.6 is 15.9 Å². The molecule has 17 heavy (non-hydrogen) atoms. The number of nitrogens with one attached hydrogen (secondary N) is 1. The summed E-state index contributed by atoms with van der Waals surface area (Å²) in [6.07, 6.45) is 4.11. The van der Waals surface area contributed by atoms with Crippen molar-refractivity contribution in [3.63, 3.8) is 0 Å². The number of hydrogen-bond donors (Lipinski definition) is 2. The minimum Gasteiger partial charge on any atom is -0.327 e. The summed E-state index contributed by atoms with van der Waals surface area (Å²) < 4.78 is 1.00. The van der Waals surface area contributed by atoms with Gasteiger partial charge >= 0.3 is 0 Å². The fourth-order valence-corrected chi connectivity index (χ4v) is 2.52. The van der Waals surface area contributed by atoms with Crippen molar-refractivity contribution in [1.82, 2.24) is 0 Å². The smallest absolute Gasteiger partial charge is 0.229 e. The van der Waals surface area contributed by atoms with E-state index in [4.69, 9.17) is 5.73 Å². The largest absolute Gasteiger partial charge is 0.327 e. The van der Waals surface area contributed by atoms with Crippen LogP contribution < -0.4 is 11.1 Å². The van der Waals surface area contributed by atoms with Crippen LogP contribution in [0.4, 0.5) is 5.69 Å². The van der Waals surface area contributed by atoms with E-state index in [0.29, 0.717) is 0 Å². The summed E-state index contributed by atoms with van der Waals surface area (Å²) in [6.45, 7) is 0. The van der Waals surface area contributed by atoms with Crippen LogP contribution in [0, 0.1) is 5.92 Å². The normalized spacial score (nSPS) is 24.4. The van der Waals surface area contributed by atoms with Gasteiger partial charge in [0.2, 0.25) is 5.91 Å². The lowest BCUT2D eigenvalue weighted by Crippen LogP contribution is -2.40. The number of rotatable bonds is 2. The predicted molar refractivity (Wildman–Crippen MR) is 72.7 cm³/mol. The Morgan fingerprint density at radius 2 is 1.88 bits per heavy atom. The highest BCUT2D eigenvalue weighted by Gasteiger charge is 2.28. The van der Waals surface area contributed by atoms with Crippen molar-refractivity contribution in [2.45, 2.75) is 31.7 Å². The average molecular weight is 297 g/mol. The Labute approximate surface area is 110 Å². The van der Waals surface area contributed by atoms with E-state index >= 15 is 0 Å². The van der Waals surface area contributed by atoms with Crippen LogP contribution in [-0.4, -0.2) is 11.9 Å². The fourth-order valence-electron chi connectivity index (χ4n) is 2.25. The zero-order chi connectivity index (χ0) is 12.3. The number of hydrogen-bond acceptors (Lipinski definition) is 2. The molecule has 1 aromatic rings. The molecule has 1 amide bonds. The minimum absolute atomic E-state index is 0.0131. The van der Waals surface area contributed by atoms with Gasteiger partial charge in [0.05, 0.1) is 5.92 Å². The molecule has 0 spiro atoms. The van der Waals surface area contributed by atoms with E-state index < -0.39 is 0 Å². The Kier molecular flexibility index (Phi) is 4.18. The molecule has 1 aliphatic carbocycles. The number of benzene rings is 1. The maximum absolute atomic E-state index is 12.1. The number of nitrogens with two attached hydrogens (primary N) is 1. The second-order valence-electron chi connectivity index (χ2n) is 4.55. The number of amides is 1. The molecule has 0 saturated heterocycles. The zero-order valence-electron chi connectivity index (χ0n) is 9.66. The van der Waals surface area contributed by atoms with Gasteiger partial charge in [-0.05, 0) is 37.1 Å². The molecule has 1 saturated carbocycles. The molecule has 92 valence electrons. The molecule has 4 heteroatoms. The van der Waals surface area contributed by atoms with Crippen LogP contribution in [0.1, 0.15) is 25.7 Å². The first-order valence-electron chi connectivity index (χ1n) is 5.99. The standard InChI is InChI=1S/C13H17BrN2O/c14-9-5-7-10(8-6-9)16-13(17)11-3-1-2-4-12(11)15/h5-8,11-12H,1-4,15H2,(H,16,17)/t11-,12+/m1/s1. The minimum atomic E-state index is -0.0348. The van der Waals surface area contributed by atoms with Gasteiger partial charge in [0.15, 0.2) is 0 Å². The zero-order valence-corrected chi connectivity index (χ0v) is 11.2. The molecule has 0 aromatic heterocycles. The first kappa shape index (κ1) is 12.6. The summed E-state index contributed by atoms with van der Waals surface area (Å²) in [5, 5.41) is 2.93. The Bertz CT molecular complexity index is 391. The third kappa shape index (κ3) is 3.30. The van der Waals surface area contributed by atoms with Gasteiger partial charge in [0, 0.05) is 16.2 Å². The van der Waals surface area contributed by atoms with Crippen molar-refractivity contribution in [2.24, 2.45) is 11.7 Å². The monoisotopic (exact) mass is 296 g/mol. The van der Waals surface area contributed by atoms with E-state index in [2.05, 4.69) is 21.2 Å². The first-order chi connectivity index (χ1) is 8.16. The van der Waals surface area contributed by atoms with E-state index in [1.165, 1.54) is 0 Å². The van der Waals surface area contributed by atoms with Gasteiger partial charge in [-0.15, -0.1) is 0 Å². The molecule has 0 bridgehead atoms. The van der Waals surface area contributed by atoms with Crippen LogP contribution in [0.3, 0.4) is 0 Å². The van der Waals surface area contributed by atoms with Gasteiger partial charge in [0.1, 0.15) is 0 Å². The predicted octanol–water partition coefficient (Wildman–Crippen LogP) is 2.91. The summed E-state index contributed by atoms with van der Waals surface area (Å²) in [6, 6.07) is 7.61.